The standard InChI is InChI=1S/C18H24N4O2/c1-12(2)11-22-18(24)15-8-4-3-7-14(15)16(21-22)17(23)20-13-6-5-9-19-10-13/h3-4,7-8,12-13,19H,5-6,9-11H2,1-2H3,(H,20,23). The zero-order valence-electron chi connectivity index (χ0n) is 14.2. The summed E-state index contributed by atoms with van der Waals surface area (Å²) in [5, 5.41) is 11.9. The third-order valence-corrected chi connectivity index (χ3v) is 4.25. The van der Waals surface area contributed by atoms with Crippen LogP contribution in [0.15, 0.2) is 29.1 Å². The summed E-state index contributed by atoms with van der Waals surface area (Å²) in [6, 6.07) is 7.30. The molecule has 0 saturated carbocycles. The van der Waals surface area contributed by atoms with Crippen LogP contribution in [0, 0.1) is 5.92 Å². The highest BCUT2D eigenvalue weighted by Gasteiger charge is 2.21. The number of benzene rings is 1. The predicted octanol–water partition coefficient (Wildman–Crippen LogP) is 1.53. The Labute approximate surface area is 141 Å². The van der Waals surface area contributed by atoms with Gasteiger partial charge in [-0.05, 0) is 31.4 Å². The highest BCUT2D eigenvalue weighted by atomic mass is 16.2. The van der Waals surface area contributed by atoms with Gasteiger partial charge >= 0.3 is 0 Å². The molecule has 1 aromatic heterocycles. The van der Waals surface area contributed by atoms with E-state index < -0.39 is 0 Å². The topological polar surface area (TPSA) is 76.0 Å². The predicted molar refractivity (Wildman–Crippen MR) is 94.2 cm³/mol. The lowest BCUT2D eigenvalue weighted by atomic mass is 10.1. The molecule has 2 aromatic rings. The highest BCUT2D eigenvalue weighted by molar-refractivity contribution is 6.04. The molecule has 1 aliphatic rings. The number of carbonyl (C=O) groups is 1. The monoisotopic (exact) mass is 328 g/mol. The first kappa shape index (κ1) is 16.6. The summed E-state index contributed by atoms with van der Waals surface area (Å²) < 4.78 is 1.42. The van der Waals surface area contributed by atoms with Crippen molar-refractivity contribution < 1.29 is 4.79 Å². The molecular weight excluding hydrogens is 304 g/mol. The van der Waals surface area contributed by atoms with E-state index in [9.17, 15) is 9.59 Å². The minimum Gasteiger partial charge on any atom is -0.347 e. The SMILES string of the molecule is CC(C)Cn1nc(C(=O)NC2CCCNC2)c2ccccc2c1=O. The summed E-state index contributed by atoms with van der Waals surface area (Å²) >= 11 is 0. The lowest BCUT2D eigenvalue weighted by molar-refractivity contribution is 0.0924. The van der Waals surface area contributed by atoms with Gasteiger partial charge in [-0.1, -0.05) is 32.0 Å². The molecule has 1 amide bonds. The van der Waals surface area contributed by atoms with Gasteiger partial charge < -0.3 is 10.6 Å². The van der Waals surface area contributed by atoms with Crippen molar-refractivity contribution >= 4 is 16.7 Å². The average Bonchev–Trinajstić information content (AvgIpc) is 2.58. The second-order valence-corrected chi connectivity index (χ2v) is 6.79. The van der Waals surface area contributed by atoms with Crippen molar-refractivity contribution in [2.75, 3.05) is 13.1 Å². The molecule has 0 bridgehead atoms. The van der Waals surface area contributed by atoms with Crippen LogP contribution in [0.4, 0.5) is 0 Å². The van der Waals surface area contributed by atoms with Crippen LogP contribution in [0.3, 0.4) is 0 Å². The van der Waals surface area contributed by atoms with E-state index in [4.69, 9.17) is 0 Å². The Kier molecular flexibility index (Phi) is 4.94. The van der Waals surface area contributed by atoms with Crippen LogP contribution >= 0.6 is 0 Å². The fourth-order valence-corrected chi connectivity index (χ4v) is 3.10. The number of rotatable bonds is 4. The number of piperidine rings is 1. The molecule has 128 valence electrons. The molecule has 1 fully saturated rings. The Morgan fingerprint density at radius 2 is 2.12 bits per heavy atom. The summed E-state index contributed by atoms with van der Waals surface area (Å²) in [5.41, 5.74) is 0.187. The van der Waals surface area contributed by atoms with Crippen LogP contribution in [-0.4, -0.2) is 34.8 Å². The average molecular weight is 328 g/mol. The maximum absolute atomic E-state index is 12.8. The van der Waals surface area contributed by atoms with E-state index in [0.29, 0.717) is 23.0 Å². The quantitative estimate of drug-likeness (QED) is 0.892. The maximum atomic E-state index is 12.8. The smallest absolute Gasteiger partial charge is 0.274 e. The molecule has 6 nitrogen and oxygen atoms in total. The molecule has 1 aliphatic heterocycles. The number of nitrogens with one attached hydrogen (secondary N) is 2. The fraction of sp³-hybridized carbons (Fsp3) is 0.500. The van der Waals surface area contributed by atoms with Crippen molar-refractivity contribution in [2.45, 2.75) is 39.3 Å². The van der Waals surface area contributed by atoms with Crippen molar-refractivity contribution in [3.8, 4) is 0 Å². The van der Waals surface area contributed by atoms with Crippen LogP contribution in [0.1, 0.15) is 37.2 Å². The second kappa shape index (κ2) is 7.13. The summed E-state index contributed by atoms with van der Waals surface area (Å²) in [6.07, 6.45) is 2.01. The molecule has 0 radical (unpaired) electrons. The Balaban J connectivity index is 2.00. The van der Waals surface area contributed by atoms with Crippen LogP contribution in [0.2, 0.25) is 0 Å². The van der Waals surface area contributed by atoms with E-state index in [1.807, 2.05) is 26.0 Å². The Morgan fingerprint density at radius 1 is 1.38 bits per heavy atom. The number of hydrogen-bond acceptors (Lipinski definition) is 4. The van der Waals surface area contributed by atoms with Gasteiger partial charge in [0, 0.05) is 24.5 Å². The minimum absolute atomic E-state index is 0.109. The van der Waals surface area contributed by atoms with E-state index in [1.54, 1.807) is 12.1 Å². The van der Waals surface area contributed by atoms with Gasteiger partial charge in [0.25, 0.3) is 11.5 Å². The van der Waals surface area contributed by atoms with Gasteiger partial charge in [0.2, 0.25) is 0 Å². The van der Waals surface area contributed by atoms with Crippen LogP contribution in [0.25, 0.3) is 10.8 Å². The molecular formula is C18H24N4O2. The number of carbonyl (C=O) groups excluding carboxylic acids is 1. The van der Waals surface area contributed by atoms with Crippen molar-refractivity contribution in [1.82, 2.24) is 20.4 Å². The minimum atomic E-state index is -0.211. The molecule has 1 unspecified atom stereocenters. The number of fused-ring (bicyclic) bond motifs is 1. The fourth-order valence-electron chi connectivity index (χ4n) is 3.10. The van der Waals surface area contributed by atoms with Crippen molar-refractivity contribution in [1.29, 1.82) is 0 Å². The summed E-state index contributed by atoms with van der Waals surface area (Å²) in [6.45, 7) is 6.31. The first-order valence-corrected chi connectivity index (χ1v) is 8.57. The maximum Gasteiger partial charge on any atom is 0.274 e. The van der Waals surface area contributed by atoms with Gasteiger partial charge in [0.1, 0.15) is 0 Å². The number of amides is 1. The van der Waals surface area contributed by atoms with Crippen LogP contribution < -0.4 is 16.2 Å². The van der Waals surface area contributed by atoms with Gasteiger partial charge in [-0.15, -0.1) is 0 Å². The molecule has 6 heteroatoms. The van der Waals surface area contributed by atoms with E-state index in [0.717, 1.165) is 25.9 Å². The van der Waals surface area contributed by atoms with Crippen LogP contribution in [0.5, 0.6) is 0 Å². The molecule has 0 spiro atoms. The molecule has 1 atom stereocenters. The number of nitrogens with zero attached hydrogens (tertiary/aromatic N) is 2. The van der Waals surface area contributed by atoms with Crippen molar-refractivity contribution in [3.63, 3.8) is 0 Å². The van der Waals surface area contributed by atoms with Crippen molar-refractivity contribution in [2.24, 2.45) is 5.92 Å². The first-order chi connectivity index (χ1) is 11.6. The van der Waals surface area contributed by atoms with Crippen molar-refractivity contribution in [3.05, 3.63) is 40.3 Å². The lowest BCUT2D eigenvalue weighted by Gasteiger charge is -2.24. The molecule has 1 aromatic carbocycles. The molecule has 2 heterocycles. The second-order valence-electron chi connectivity index (χ2n) is 6.79. The normalized spacial score (nSPS) is 18.0. The highest BCUT2D eigenvalue weighted by Crippen LogP contribution is 2.14. The summed E-state index contributed by atoms with van der Waals surface area (Å²) in [4.78, 5) is 25.3. The molecule has 2 N–H and O–H groups in total. The van der Waals surface area contributed by atoms with E-state index in [1.165, 1.54) is 4.68 Å². The summed E-state index contributed by atoms with van der Waals surface area (Å²) in [7, 11) is 0. The zero-order chi connectivity index (χ0) is 17.1. The lowest BCUT2D eigenvalue weighted by Crippen LogP contribution is -2.46. The first-order valence-electron chi connectivity index (χ1n) is 8.57. The van der Waals surface area contributed by atoms with E-state index in [-0.39, 0.29) is 23.4 Å². The molecule has 3 rings (SSSR count). The Hall–Kier alpha value is -2.21. The molecule has 1 saturated heterocycles. The van der Waals surface area contributed by atoms with Gasteiger partial charge in [0.15, 0.2) is 5.69 Å². The number of hydrogen-bond donors (Lipinski definition) is 2. The third-order valence-electron chi connectivity index (χ3n) is 4.25. The molecule has 0 aliphatic carbocycles. The van der Waals surface area contributed by atoms with E-state index in [2.05, 4.69) is 15.7 Å². The van der Waals surface area contributed by atoms with Gasteiger partial charge in [-0.25, -0.2) is 4.68 Å². The Bertz CT molecular complexity index is 791. The summed E-state index contributed by atoms with van der Waals surface area (Å²) in [5.74, 6) is 0.0622. The van der Waals surface area contributed by atoms with E-state index >= 15 is 0 Å². The van der Waals surface area contributed by atoms with Gasteiger partial charge in [-0.3, -0.25) is 9.59 Å². The molecule has 24 heavy (non-hydrogen) atoms. The van der Waals surface area contributed by atoms with Gasteiger partial charge in [0.05, 0.1) is 5.39 Å². The zero-order valence-corrected chi connectivity index (χ0v) is 14.2. The van der Waals surface area contributed by atoms with Crippen LogP contribution in [-0.2, 0) is 6.54 Å². The number of aromatic nitrogens is 2. The Morgan fingerprint density at radius 3 is 2.79 bits per heavy atom. The third kappa shape index (κ3) is 3.48. The largest absolute Gasteiger partial charge is 0.347 e. The van der Waals surface area contributed by atoms with Gasteiger partial charge in [-0.2, -0.15) is 5.10 Å².